The van der Waals surface area contributed by atoms with E-state index in [1.165, 1.54) is 11.8 Å². The van der Waals surface area contributed by atoms with Crippen molar-refractivity contribution in [3.63, 3.8) is 0 Å². The smallest absolute Gasteiger partial charge is 0.410 e. The van der Waals surface area contributed by atoms with Crippen LogP contribution in [0.4, 0.5) is 4.79 Å². The van der Waals surface area contributed by atoms with Crippen molar-refractivity contribution in [3.8, 4) is 11.5 Å². The number of amides is 2. The average molecular weight is 517 g/mol. The number of rotatable bonds is 4. The number of benzene rings is 2. The molecule has 2 aliphatic heterocycles. The summed E-state index contributed by atoms with van der Waals surface area (Å²) in [6.45, 7) is 8.45. The number of carbonyl (C=O) groups is 2. The second kappa shape index (κ2) is 10.8. The molecule has 0 N–H and O–H groups in total. The fourth-order valence-corrected chi connectivity index (χ4v) is 4.78. The van der Waals surface area contributed by atoms with E-state index >= 15 is 0 Å². The predicted molar refractivity (Wildman–Crippen MR) is 136 cm³/mol. The summed E-state index contributed by atoms with van der Waals surface area (Å²) in [5.41, 5.74) is 0.300. The topological polar surface area (TPSA) is 68.3 Å². The molecule has 2 amide bonds. The first kappa shape index (κ1) is 25.3. The summed E-state index contributed by atoms with van der Waals surface area (Å²) >= 11 is 8.06. The molecule has 9 heteroatoms. The zero-order valence-corrected chi connectivity index (χ0v) is 21.7. The Bertz CT molecular complexity index is 1120. The summed E-state index contributed by atoms with van der Waals surface area (Å²) in [5, 5.41) is 0.602. The van der Waals surface area contributed by atoms with Gasteiger partial charge in [-0.05, 0) is 62.7 Å². The lowest BCUT2D eigenvalue weighted by Gasteiger charge is -2.35. The maximum Gasteiger partial charge on any atom is 0.410 e. The molecule has 7 nitrogen and oxygen atoms in total. The van der Waals surface area contributed by atoms with Crippen LogP contribution in [-0.2, 0) is 9.53 Å². The number of nitrogens with zero attached hydrogens (tertiary/aromatic N) is 2. The molecule has 186 valence electrons. The molecule has 0 saturated carbocycles. The molecule has 0 aliphatic carbocycles. The predicted octanol–water partition coefficient (Wildman–Crippen LogP) is 5.35. The Morgan fingerprint density at radius 3 is 2.34 bits per heavy atom. The lowest BCUT2D eigenvalue weighted by atomic mass is 10.2. The molecule has 1 saturated heterocycles. The second-order valence-corrected chi connectivity index (χ2v) is 10.7. The summed E-state index contributed by atoms with van der Waals surface area (Å²) in [6, 6.07) is 11.5. The van der Waals surface area contributed by atoms with Gasteiger partial charge >= 0.3 is 6.09 Å². The monoisotopic (exact) mass is 516 g/mol. The van der Waals surface area contributed by atoms with Gasteiger partial charge in [-0.3, -0.25) is 4.79 Å². The Kier molecular flexibility index (Phi) is 7.82. The van der Waals surface area contributed by atoms with Crippen LogP contribution in [0.1, 0.15) is 26.3 Å². The highest BCUT2D eigenvalue weighted by Crippen LogP contribution is 2.39. The van der Waals surface area contributed by atoms with E-state index in [0.29, 0.717) is 44.4 Å². The van der Waals surface area contributed by atoms with E-state index in [4.69, 9.17) is 25.8 Å². The molecule has 1 fully saturated rings. The third kappa shape index (κ3) is 6.86. The van der Waals surface area contributed by atoms with Crippen LogP contribution in [0, 0.1) is 0 Å². The lowest BCUT2D eigenvalue weighted by molar-refractivity contribution is -0.127. The summed E-state index contributed by atoms with van der Waals surface area (Å²) in [5.74, 6) is 1.39. The summed E-state index contributed by atoms with van der Waals surface area (Å²) in [4.78, 5) is 30.1. The fourth-order valence-electron chi connectivity index (χ4n) is 3.63. The standard InChI is InChI=1S/C26H29ClN2O5S/c1-26(2,3)34-25(31)29-12-10-28(11-13-29)24(30)9-5-18-4-8-23(20(27)16-18)35-19-6-7-21-22(17-19)33-15-14-32-21/h4-9,16-17H,10-15H2,1-3H3. The first-order valence-electron chi connectivity index (χ1n) is 11.5. The van der Waals surface area contributed by atoms with Crippen LogP contribution >= 0.6 is 23.4 Å². The lowest BCUT2D eigenvalue weighted by Crippen LogP contribution is -2.51. The molecule has 2 aromatic carbocycles. The SMILES string of the molecule is CC(C)(C)OC(=O)N1CCN(C(=O)C=Cc2ccc(Sc3ccc4c(c3)OCCO4)c(Cl)c2)CC1. The van der Waals surface area contributed by atoms with Crippen LogP contribution in [0.3, 0.4) is 0 Å². The van der Waals surface area contributed by atoms with Gasteiger partial charge in [0.05, 0.1) is 5.02 Å². The van der Waals surface area contributed by atoms with Crippen molar-refractivity contribution in [3.05, 3.63) is 53.1 Å². The fraction of sp³-hybridized carbons (Fsp3) is 0.385. The van der Waals surface area contributed by atoms with E-state index in [1.54, 1.807) is 22.0 Å². The highest BCUT2D eigenvalue weighted by Gasteiger charge is 2.27. The van der Waals surface area contributed by atoms with Gasteiger partial charge in [-0.15, -0.1) is 0 Å². The van der Waals surface area contributed by atoms with Crippen molar-refractivity contribution in [2.75, 3.05) is 39.4 Å². The third-order valence-corrected chi connectivity index (χ3v) is 6.85. The molecule has 35 heavy (non-hydrogen) atoms. The van der Waals surface area contributed by atoms with Gasteiger partial charge in [0, 0.05) is 42.0 Å². The van der Waals surface area contributed by atoms with Crippen molar-refractivity contribution in [2.45, 2.75) is 36.2 Å². The molecule has 0 radical (unpaired) electrons. The molecular formula is C26H29ClN2O5S. The Morgan fingerprint density at radius 1 is 0.971 bits per heavy atom. The average Bonchev–Trinajstić information content (AvgIpc) is 2.83. The molecule has 4 rings (SSSR count). The van der Waals surface area contributed by atoms with E-state index in [-0.39, 0.29) is 12.0 Å². The number of piperazine rings is 1. The second-order valence-electron chi connectivity index (χ2n) is 9.22. The minimum absolute atomic E-state index is 0.0975. The maximum atomic E-state index is 12.6. The van der Waals surface area contributed by atoms with Gasteiger partial charge in [-0.1, -0.05) is 29.4 Å². The quantitative estimate of drug-likeness (QED) is 0.510. The molecule has 0 atom stereocenters. The summed E-state index contributed by atoms with van der Waals surface area (Å²) < 4.78 is 16.6. The van der Waals surface area contributed by atoms with E-state index < -0.39 is 5.60 Å². The van der Waals surface area contributed by atoms with Gasteiger partial charge in [0.15, 0.2) is 11.5 Å². The Morgan fingerprint density at radius 2 is 1.66 bits per heavy atom. The molecule has 0 bridgehead atoms. The number of fused-ring (bicyclic) bond motifs is 1. The minimum atomic E-state index is -0.536. The summed E-state index contributed by atoms with van der Waals surface area (Å²) in [7, 11) is 0. The van der Waals surface area contributed by atoms with E-state index in [2.05, 4.69) is 0 Å². The minimum Gasteiger partial charge on any atom is -0.486 e. The van der Waals surface area contributed by atoms with Gasteiger partial charge in [-0.25, -0.2) is 4.79 Å². The molecule has 0 spiro atoms. The zero-order chi connectivity index (χ0) is 25.0. The normalized spacial score (nSPS) is 15.9. The highest BCUT2D eigenvalue weighted by atomic mass is 35.5. The Hall–Kier alpha value is -2.84. The molecule has 0 aromatic heterocycles. The van der Waals surface area contributed by atoms with Crippen LogP contribution in [0.25, 0.3) is 6.08 Å². The Labute approximate surface area is 215 Å². The van der Waals surface area contributed by atoms with Crippen molar-refractivity contribution in [1.82, 2.24) is 9.80 Å². The van der Waals surface area contributed by atoms with Gasteiger partial charge < -0.3 is 24.0 Å². The van der Waals surface area contributed by atoms with Gasteiger partial charge in [0.1, 0.15) is 18.8 Å². The van der Waals surface area contributed by atoms with E-state index in [9.17, 15) is 9.59 Å². The first-order chi connectivity index (χ1) is 16.7. The molecule has 2 aliphatic rings. The highest BCUT2D eigenvalue weighted by molar-refractivity contribution is 7.99. The van der Waals surface area contributed by atoms with Crippen LogP contribution < -0.4 is 9.47 Å². The van der Waals surface area contributed by atoms with Crippen molar-refractivity contribution in [1.29, 1.82) is 0 Å². The Balaban J connectivity index is 1.31. The van der Waals surface area contributed by atoms with E-state index in [0.717, 1.165) is 26.9 Å². The zero-order valence-electron chi connectivity index (χ0n) is 20.1. The third-order valence-electron chi connectivity index (χ3n) is 5.36. The number of carbonyl (C=O) groups excluding carboxylic acids is 2. The van der Waals surface area contributed by atoms with E-state index in [1.807, 2.05) is 57.2 Å². The van der Waals surface area contributed by atoms with Crippen LogP contribution in [0.5, 0.6) is 11.5 Å². The van der Waals surface area contributed by atoms with Gasteiger partial charge in [0.2, 0.25) is 5.91 Å². The molecule has 2 heterocycles. The molecular weight excluding hydrogens is 488 g/mol. The number of hydrogen-bond donors (Lipinski definition) is 0. The molecule has 2 aromatic rings. The van der Waals surface area contributed by atoms with Crippen molar-refractivity contribution < 1.29 is 23.8 Å². The number of ether oxygens (including phenoxy) is 3. The maximum absolute atomic E-state index is 12.6. The van der Waals surface area contributed by atoms with Gasteiger partial charge in [0.25, 0.3) is 0 Å². The van der Waals surface area contributed by atoms with Crippen LogP contribution in [0.2, 0.25) is 5.02 Å². The van der Waals surface area contributed by atoms with Crippen molar-refractivity contribution in [2.24, 2.45) is 0 Å². The largest absolute Gasteiger partial charge is 0.486 e. The number of hydrogen-bond acceptors (Lipinski definition) is 6. The van der Waals surface area contributed by atoms with Crippen LogP contribution in [-0.4, -0.2) is 66.8 Å². The molecule has 0 unspecified atom stereocenters. The number of halogens is 1. The van der Waals surface area contributed by atoms with Crippen LogP contribution in [0.15, 0.2) is 52.3 Å². The summed E-state index contributed by atoms with van der Waals surface area (Å²) in [6.07, 6.45) is 2.96. The van der Waals surface area contributed by atoms with Gasteiger partial charge in [-0.2, -0.15) is 0 Å². The van der Waals surface area contributed by atoms with Crippen molar-refractivity contribution >= 4 is 41.4 Å². The first-order valence-corrected chi connectivity index (χ1v) is 12.7.